The zero-order valence-electron chi connectivity index (χ0n) is 11.9. The first-order chi connectivity index (χ1) is 9.43. The number of aryl methyl sites for hydroxylation is 2. The molecular formula is C13H17N3O2S2. The number of amides is 1. The van der Waals surface area contributed by atoms with Gasteiger partial charge in [0.25, 0.3) is 5.56 Å². The van der Waals surface area contributed by atoms with Crippen LogP contribution in [0, 0.1) is 13.8 Å². The van der Waals surface area contributed by atoms with Crippen molar-refractivity contribution in [3.8, 4) is 0 Å². The van der Waals surface area contributed by atoms with E-state index in [0.29, 0.717) is 17.0 Å². The van der Waals surface area contributed by atoms with Gasteiger partial charge in [-0.3, -0.25) is 9.59 Å². The van der Waals surface area contributed by atoms with Gasteiger partial charge in [-0.1, -0.05) is 0 Å². The Morgan fingerprint density at radius 2 is 2.20 bits per heavy atom. The molecule has 5 nitrogen and oxygen atoms in total. The molecule has 0 aromatic carbocycles. The molecule has 2 rings (SSSR count). The van der Waals surface area contributed by atoms with Crippen LogP contribution in [0.1, 0.15) is 23.2 Å². The predicted molar refractivity (Wildman–Crippen MR) is 84.5 cm³/mol. The first kappa shape index (κ1) is 15.1. The maximum absolute atomic E-state index is 12.1. The molecule has 7 heteroatoms. The van der Waals surface area contributed by atoms with Crippen LogP contribution in [0.4, 0.5) is 0 Å². The highest BCUT2D eigenvalue weighted by molar-refractivity contribution is 7.99. The lowest BCUT2D eigenvalue weighted by Gasteiger charge is -2.08. The summed E-state index contributed by atoms with van der Waals surface area (Å²) in [6, 6.07) is 0. The van der Waals surface area contributed by atoms with E-state index in [2.05, 4.69) is 15.3 Å². The van der Waals surface area contributed by atoms with Gasteiger partial charge in [0.05, 0.1) is 16.4 Å². The Bertz CT molecular complexity index is 705. The van der Waals surface area contributed by atoms with E-state index >= 15 is 0 Å². The number of thiophene rings is 1. The van der Waals surface area contributed by atoms with E-state index in [1.54, 1.807) is 7.05 Å². The average Bonchev–Trinajstić information content (AvgIpc) is 2.70. The van der Waals surface area contributed by atoms with Gasteiger partial charge in [0.1, 0.15) is 10.7 Å². The fourth-order valence-corrected chi connectivity index (χ4v) is 3.71. The van der Waals surface area contributed by atoms with E-state index in [1.165, 1.54) is 23.1 Å². The highest BCUT2D eigenvalue weighted by atomic mass is 32.2. The number of hydrogen-bond acceptors (Lipinski definition) is 5. The monoisotopic (exact) mass is 311 g/mol. The summed E-state index contributed by atoms with van der Waals surface area (Å²) in [5.41, 5.74) is 0.900. The van der Waals surface area contributed by atoms with Gasteiger partial charge < -0.3 is 10.3 Å². The summed E-state index contributed by atoms with van der Waals surface area (Å²) in [6.07, 6.45) is 0. The number of aromatic amines is 1. The molecule has 0 radical (unpaired) electrons. The number of aromatic nitrogens is 2. The van der Waals surface area contributed by atoms with Gasteiger partial charge >= 0.3 is 0 Å². The number of H-pyrrole nitrogens is 1. The van der Waals surface area contributed by atoms with Crippen LogP contribution in [-0.4, -0.2) is 28.2 Å². The molecular weight excluding hydrogens is 294 g/mol. The second kappa shape index (κ2) is 5.97. The van der Waals surface area contributed by atoms with Gasteiger partial charge in [0.15, 0.2) is 0 Å². The molecule has 0 saturated heterocycles. The number of rotatable bonds is 4. The van der Waals surface area contributed by atoms with Crippen molar-refractivity contribution >= 4 is 39.2 Å². The molecule has 2 heterocycles. The van der Waals surface area contributed by atoms with E-state index in [1.807, 2.05) is 20.8 Å². The molecule has 1 atom stereocenters. The number of hydrogen-bond donors (Lipinski definition) is 2. The van der Waals surface area contributed by atoms with Crippen molar-refractivity contribution in [2.24, 2.45) is 0 Å². The normalized spacial score (nSPS) is 12.6. The topological polar surface area (TPSA) is 74.8 Å². The minimum Gasteiger partial charge on any atom is -0.358 e. The smallest absolute Gasteiger partial charge is 0.259 e. The molecule has 0 aliphatic rings. The fourth-order valence-electron chi connectivity index (χ4n) is 1.85. The molecule has 2 N–H and O–H groups in total. The minimum atomic E-state index is -0.173. The third kappa shape index (κ3) is 2.88. The standard InChI is InChI=1S/C13H17N3O2S2/c1-6-7(2)20-13-10(6)12(18)15-9(16-13)5-19-8(3)11(17)14-4/h8H,5H2,1-4H3,(H,14,17)(H,15,16,18)/t8-/m1/s1. The van der Waals surface area contributed by atoms with Gasteiger partial charge in [-0.25, -0.2) is 4.98 Å². The van der Waals surface area contributed by atoms with Gasteiger partial charge in [-0.15, -0.1) is 23.1 Å². The number of nitrogens with one attached hydrogen (secondary N) is 2. The van der Waals surface area contributed by atoms with Gasteiger partial charge in [0, 0.05) is 11.9 Å². The Morgan fingerprint density at radius 3 is 2.85 bits per heavy atom. The molecule has 0 spiro atoms. The lowest BCUT2D eigenvalue weighted by atomic mass is 10.2. The zero-order chi connectivity index (χ0) is 14.9. The van der Waals surface area contributed by atoms with Gasteiger partial charge in [0.2, 0.25) is 5.91 Å². The van der Waals surface area contributed by atoms with Crippen LogP contribution in [-0.2, 0) is 10.5 Å². The van der Waals surface area contributed by atoms with Crippen molar-refractivity contribution in [2.45, 2.75) is 31.8 Å². The first-order valence-electron chi connectivity index (χ1n) is 6.26. The Balaban J connectivity index is 2.24. The molecule has 0 unspecified atom stereocenters. The van der Waals surface area contributed by atoms with E-state index in [9.17, 15) is 9.59 Å². The molecule has 108 valence electrons. The van der Waals surface area contributed by atoms with E-state index in [4.69, 9.17) is 0 Å². The first-order valence-corrected chi connectivity index (χ1v) is 8.12. The van der Waals surface area contributed by atoms with Crippen LogP contribution in [0.5, 0.6) is 0 Å². The third-order valence-corrected chi connectivity index (χ3v) is 5.43. The summed E-state index contributed by atoms with van der Waals surface area (Å²) in [4.78, 5) is 32.7. The zero-order valence-corrected chi connectivity index (χ0v) is 13.5. The maximum atomic E-state index is 12.1. The third-order valence-electron chi connectivity index (χ3n) is 3.17. The lowest BCUT2D eigenvalue weighted by molar-refractivity contribution is -0.119. The van der Waals surface area contributed by atoms with Crippen molar-refractivity contribution in [2.75, 3.05) is 7.05 Å². The summed E-state index contributed by atoms with van der Waals surface area (Å²) in [5.74, 6) is 1.10. The second-order valence-corrected chi connectivity index (χ2v) is 7.08. The molecule has 1 amide bonds. The summed E-state index contributed by atoms with van der Waals surface area (Å²) in [6.45, 7) is 5.76. The Kier molecular flexibility index (Phi) is 4.49. The van der Waals surface area contributed by atoms with Crippen LogP contribution < -0.4 is 10.9 Å². The quantitative estimate of drug-likeness (QED) is 0.905. The molecule has 2 aromatic rings. The molecule has 20 heavy (non-hydrogen) atoms. The molecule has 0 aliphatic heterocycles. The summed E-state index contributed by atoms with van der Waals surface area (Å²) >= 11 is 2.98. The SMILES string of the molecule is CNC(=O)[C@@H](C)SCc1nc2sc(C)c(C)c2c(=O)[nH]1. The minimum absolute atomic E-state index is 0.0266. The molecule has 0 saturated carbocycles. The van der Waals surface area contributed by atoms with Gasteiger partial charge in [-0.2, -0.15) is 0 Å². The number of carbonyl (C=O) groups excluding carboxylic acids is 1. The summed E-state index contributed by atoms with van der Waals surface area (Å²) in [5, 5.41) is 3.11. The van der Waals surface area contributed by atoms with Crippen LogP contribution in [0.3, 0.4) is 0 Å². The Hall–Kier alpha value is -1.34. The van der Waals surface area contributed by atoms with Crippen molar-refractivity contribution in [1.82, 2.24) is 15.3 Å². The highest BCUT2D eigenvalue weighted by Crippen LogP contribution is 2.26. The van der Waals surface area contributed by atoms with Crippen LogP contribution in [0.15, 0.2) is 4.79 Å². The largest absolute Gasteiger partial charge is 0.358 e. The number of thioether (sulfide) groups is 1. The highest BCUT2D eigenvalue weighted by Gasteiger charge is 2.14. The average molecular weight is 311 g/mol. The van der Waals surface area contributed by atoms with Crippen molar-refractivity contribution in [1.29, 1.82) is 0 Å². The van der Waals surface area contributed by atoms with E-state index in [0.717, 1.165) is 15.3 Å². The Labute approximate surface area is 125 Å². The molecule has 2 aromatic heterocycles. The second-order valence-electron chi connectivity index (χ2n) is 4.54. The van der Waals surface area contributed by atoms with E-state index < -0.39 is 0 Å². The fraction of sp³-hybridized carbons (Fsp3) is 0.462. The van der Waals surface area contributed by atoms with Crippen molar-refractivity contribution < 1.29 is 4.79 Å². The predicted octanol–water partition coefficient (Wildman–Crippen LogP) is 1.97. The van der Waals surface area contributed by atoms with Crippen molar-refractivity contribution in [3.05, 3.63) is 26.6 Å². The van der Waals surface area contributed by atoms with E-state index in [-0.39, 0.29) is 16.7 Å². The van der Waals surface area contributed by atoms with Gasteiger partial charge in [-0.05, 0) is 26.3 Å². The number of nitrogens with zero attached hydrogens (tertiary/aromatic N) is 1. The van der Waals surface area contributed by atoms with Crippen molar-refractivity contribution in [3.63, 3.8) is 0 Å². The molecule has 0 fully saturated rings. The number of fused-ring (bicyclic) bond motifs is 1. The summed E-state index contributed by atoms with van der Waals surface area (Å²) < 4.78 is 0. The van der Waals surface area contributed by atoms with Crippen LogP contribution in [0.2, 0.25) is 0 Å². The number of carbonyl (C=O) groups is 1. The molecule has 0 bridgehead atoms. The molecule has 0 aliphatic carbocycles. The summed E-state index contributed by atoms with van der Waals surface area (Å²) in [7, 11) is 1.61. The maximum Gasteiger partial charge on any atom is 0.259 e. The Morgan fingerprint density at radius 1 is 1.50 bits per heavy atom. The lowest BCUT2D eigenvalue weighted by Crippen LogP contribution is -2.27. The van der Waals surface area contributed by atoms with Crippen LogP contribution in [0.25, 0.3) is 10.2 Å². The van der Waals surface area contributed by atoms with Crippen LogP contribution >= 0.6 is 23.1 Å².